The number of hydrogen-bond donors (Lipinski definition) is 2. The van der Waals surface area contributed by atoms with Gasteiger partial charge in [0.15, 0.2) is 11.1 Å². The second-order valence-corrected chi connectivity index (χ2v) is 6.70. The maximum atomic E-state index is 10.1. The number of hydrogen-bond acceptors (Lipinski definition) is 5. The third-order valence-electron chi connectivity index (χ3n) is 4.07. The number of aromatic nitrogens is 1. The van der Waals surface area contributed by atoms with Crippen molar-refractivity contribution in [1.82, 2.24) is 9.88 Å². The van der Waals surface area contributed by atoms with E-state index in [-0.39, 0.29) is 0 Å². The quantitative estimate of drug-likeness (QED) is 0.629. The predicted molar refractivity (Wildman–Crippen MR) is 98.5 cm³/mol. The molecule has 1 aliphatic heterocycles. The van der Waals surface area contributed by atoms with Gasteiger partial charge in [-0.05, 0) is 5.56 Å². The lowest BCUT2D eigenvalue weighted by Gasteiger charge is -2.35. The van der Waals surface area contributed by atoms with E-state index in [1.165, 1.54) is 0 Å². The molecule has 2 heterocycles. The van der Waals surface area contributed by atoms with Gasteiger partial charge in [-0.25, -0.2) is 4.98 Å². The summed E-state index contributed by atoms with van der Waals surface area (Å²) in [6, 6.07) is 9.93. The lowest BCUT2D eigenvalue weighted by molar-refractivity contribution is 0.183. The number of nitrogens with two attached hydrogens (primary N) is 1. The zero-order chi connectivity index (χ0) is 16.8. The summed E-state index contributed by atoms with van der Waals surface area (Å²) in [6.07, 6.45) is 1.91. The maximum absolute atomic E-state index is 10.1. The standard InChI is InChI=1S/C17H23N5OS/c18-16(20-13-15(23)12-14-4-2-1-3-5-14)21-7-9-22(10-8-21)17-19-6-11-24-17/h1-6,11,15,23H,7-10,12-13H2,(H2,18,20). The summed E-state index contributed by atoms with van der Waals surface area (Å²) in [5.41, 5.74) is 7.19. The van der Waals surface area contributed by atoms with Gasteiger partial charge < -0.3 is 20.6 Å². The minimum Gasteiger partial charge on any atom is -0.391 e. The van der Waals surface area contributed by atoms with Crippen LogP contribution in [0.2, 0.25) is 0 Å². The lowest BCUT2D eigenvalue weighted by atomic mass is 10.1. The number of piperazine rings is 1. The van der Waals surface area contributed by atoms with Gasteiger partial charge in [-0.2, -0.15) is 0 Å². The molecule has 1 fully saturated rings. The van der Waals surface area contributed by atoms with Crippen LogP contribution in [-0.2, 0) is 6.42 Å². The van der Waals surface area contributed by atoms with Crippen LogP contribution in [0.3, 0.4) is 0 Å². The SMILES string of the molecule is NC(=NCC(O)Cc1ccccc1)N1CCN(c2nccs2)CC1. The molecule has 24 heavy (non-hydrogen) atoms. The minimum absolute atomic E-state index is 0.327. The van der Waals surface area contributed by atoms with E-state index in [9.17, 15) is 5.11 Å². The first-order chi connectivity index (χ1) is 11.7. The molecule has 128 valence electrons. The number of aliphatic imine (C=N–C) groups is 1. The monoisotopic (exact) mass is 345 g/mol. The van der Waals surface area contributed by atoms with Crippen LogP contribution in [-0.4, -0.2) is 59.8 Å². The maximum Gasteiger partial charge on any atom is 0.191 e. The molecule has 1 aromatic heterocycles. The molecule has 2 aromatic rings. The Bertz CT molecular complexity index is 638. The average Bonchev–Trinajstić information content (AvgIpc) is 3.15. The van der Waals surface area contributed by atoms with Crippen molar-refractivity contribution in [1.29, 1.82) is 0 Å². The van der Waals surface area contributed by atoms with Crippen molar-refractivity contribution in [2.45, 2.75) is 12.5 Å². The molecule has 0 spiro atoms. The topological polar surface area (TPSA) is 78.0 Å². The van der Waals surface area contributed by atoms with E-state index in [4.69, 9.17) is 5.73 Å². The van der Waals surface area contributed by atoms with Crippen LogP contribution in [0.25, 0.3) is 0 Å². The Morgan fingerprint density at radius 1 is 1.25 bits per heavy atom. The Balaban J connectivity index is 1.46. The number of anilines is 1. The Labute approximate surface area is 146 Å². The Hall–Kier alpha value is -2.12. The number of thiazole rings is 1. The summed E-state index contributed by atoms with van der Waals surface area (Å²) in [5.74, 6) is 0.515. The first-order valence-corrected chi connectivity index (χ1v) is 9.01. The number of aliphatic hydroxyl groups is 1. The fraction of sp³-hybridized carbons (Fsp3) is 0.412. The summed E-state index contributed by atoms with van der Waals surface area (Å²) >= 11 is 1.66. The highest BCUT2D eigenvalue weighted by Gasteiger charge is 2.20. The molecule has 1 unspecified atom stereocenters. The highest BCUT2D eigenvalue weighted by molar-refractivity contribution is 7.13. The van der Waals surface area contributed by atoms with Crippen molar-refractivity contribution in [3.8, 4) is 0 Å². The van der Waals surface area contributed by atoms with E-state index in [2.05, 4.69) is 19.8 Å². The van der Waals surface area contributed by atoms with Gasteiger partial charge in [0, 0.05) is 44.2 Å². The van der Waals surface area contributed by atoms with Crippen LogP contribution in [0.4, 0.5) is 5.13 Å². The van der Waals surface area contributed by atoms with Gasteiger partial charge in [0.2, 0.25) is 0 Å². The fourth-order valence-electron chi connectivity index (χ4n) is 2.75. The van der Waals surface area contributed by atoms with Crippen LogP contribution in [0.1, 0.15) is 5.56 Å². The molecule has 1 saturated heterocycles. The van der Waals surface area contributed by atoms with E-state index >= 15 is 0 Å². The molecule has 3 N–H and O–H groups in total. The number of guanidine groups is 1. The van der Waals surface area contributed by atoms with Crippen LogP contribution < -0.4 is 10.6 Å². The van der Waals surface area contributed by atoms with Crippen LogP contribution in [0.15, 0.2) is 46.9 Å². The van der Waals surface area contributed by atoms with Gasteiger partial charge in [0.1, 0.15) is 0 Å². The molecule has 0 bridgehead atoms. The Morgan fingerprint density at radius 3 is 2.67 bits per heavy atom. The van der Waals surface area contributed by atoms with E-state index in [0.29, 0.717) is 18.9 Å². The fourth-order valence-corrected chi connectivity index (χ4v) is 3.45. The van der Waals surface area contributed by atoms with Gasteiger partial charge in [0.05, 0.1) is 12.6 Å². The summed E-state index contributed by atoms with van der Waals surface area (Å²) in [5, 5.41) is 13.2. The normalized spacial score (nSPS) is 17.1. The number of nitrogens with zero attached hydrogens (tertiary/aromatic N) is 4. The molecular weight excluding hydrogens is 322 g/mol. The molecule has 0 radical (unpaired) electrons. The number of rotatable bonds is 5. The second-order valence-electron chi connectivity index (χ2n) is 5.83. The summed E-state index contributed by atoms with van der Waals surface area (Å²) < 4.78 is 0. The lowest BCUT2D eigenvalue weighted by Crippen LogP contribution is -2.51. The molecule has 0 saturated carbocycles. The Kier molecular flexibility index (Phi) is 5.66. The number of aliphatic hydroxyl groups excluding tert-OH is 1. The molecule has 1 aliphatic rings. The van der Waals surface area contributed by atoms with Crippen LogP contribution in [0, 0.1) is 0 Å². The van der Waals surface area contributed by atoms with Gasteiger partial charge in [-0.3, -0.25) is 4.99 Å². The van der Waals surface area contributed by atoms with Crippen molar-refractivity contribution in [3.63, 3.8) is 0 Å². The smallest absolute Gasteiger partial charge is 0.191 e. The first kappa shape index (κ1) is 16.7. The zero-order valence-corrected chi connectivity index (χ0v) is 14.4. The van der Waals surface area contributed by atoms with Gasteiger partial charge >= 0.3 is 0 Å². The molecule has 1 atom stereocenters. The van der Waals surface area contributed by atoms with Gasteiger partial charge in [0.25, 0.3) is 0 Å². The van der Waals surface area contributed by atoms with Crippen molar-refractivity contribution in [2.75, 3.05) is 37.6 Å². The first-order valence-electron chi connectivity index (χ1n) is 8.13. The molecular formula is C17H23N5OS. The third kappa shape index (κ3) is 4.46. The zero-order valence-electron chi connectivity index (χ0n) is 13.6. The largest absolute Gasteiger partial charge is 0.391 e. The van der Waals surface area contributed by atoms with Crippen molar-refractivity contribution < 1.29 is 5.11 Å². The summed E-state index contributed by atoms with van der Waals surface area (Å²) in [4.78, 5) is 13.0. The highest BCUT2D eigenvalue weighted by atomic mass is 32.1. The number of benzene rings is 1. The summed E-state index contributed by atoms with van der Waals surface area (Å²) in [7, 11) is 0. The Morgan fingerprint density at radius 2 is 2.00 bits per heavy atom. The second kappa shape index (κ2) is 8.12. The van der Waals surface area contributed by atoms with E-state index < -0.39 is 6.10 Å². The summed E-state index contributed by atoms with van der Waals surface area (Å²) in [6.45, 7) is 3.74. The van der Waals surface area contributed by atoms with Crippen LogP contribution >= 0.6 is 11.3 Å². The van der Waals surface area contributed by atoms with Crippen molar-refractivity contribution in [2.24, 2.45) is 10.7 Å². The minimum atomic E-state index is -0.512. The molecule has 0 aliphatic carbocycles. The van der Waals surface area contributed by atoms with E-state index in [1.54, 1.807) is 11.3 Å². The molecule has 6 nitrogen and oxygen atoms in total. The van der Waals surface area contributed by atoms with Crippen molar-refractivity contribution >= 4 is 22.4 Å². The van der Waals surface area contributed by atoms with E-state index in [0.717, 1.165) is 36.9 Å². The third-order valence-corrected chi connectivity index (χ3v) is 4.90. The predicted octanol–water partition coefficient (Wildman–Crippen LogP) is 1.18. The van der Waals surface area contributed by atoms with Crippen molar-refractivity contribution in [3.05, 3.63) is 47.5 Å². The van der Waals surface area contributed by atoms with E-state index in [1.807, 2.05) is 41.9 Å². The molecule has 7 heteroatoms. The molecule has 1 aromatic carbocycles. The average molecular weight is 345 g/mol. The molecule has 3 rings (SSSR count). The molecule has 0 amide bonds. The van der Waals surface area contributed by atoms with Crippen LogP contribution in [0.5, 0.6) is 0 Å². The van der Waals surface area contributed by atoms with Gasteiger partial charge in [-0.15, -0.1) is 11.3 Å². The highest BCUT2D eigenvalue weighted by Crippen LogP contribution is 2.18. The van der Waals surface area contributed by atoms with Gasteiger partial charge in [-0.1, -0.05) is 30.3 Å².